The van der Waals surface area contributed by atoms with Gasteiger partial charge in [-0.25, -0.2) is 9.37 Å². The van der Waals surface area contributed by atoms with Crippen molar-refractivity contribution in [2.45, 2.75) is 6.42 Å². The molecule has 6 heteroatoms. The minimum absolute atomic E-state index is 0.00986. The van der Waals surface area contributed by atoms with Gasteiger partial charge in [-0.1, -0.05) is 11.6 Å². The largest absolute Gasteiger partial charge is 0.481 e. The van der Waals surface area contributed by atoms with Crippen LogP contribution in [0.3, 0.4) is 0 Å². The van der Waals surface area contributed by atoms with Gasteiger partial charge in [-0.2, -0.15) is 0 Å². The number of pyridine rings is 1. The molecule has 0 amide bonds. The summed E-state index contributed by atoms with van der Waals surface area (Å²) in [6.07, 6.45) is 1.19. The number of anilines is 1. The molecule has 1 aromatic rings. The van der Waals surface area contributed by atoms with E-state index in [0.29, 0.717) is 0 Å². The quantitative estimate of drug-likeness (QED) is 0.809. The number of carboxylic acid groups (broad SMARTS) is 1. The smallest absolute Gasteiger partial charge is 0.305 e. The first-order chi connectivity index (χ1) is 6.59. The van der Waals surface area contributed by atoms with Crippen LogP contribution in [0.25, 0.3) is 0 Å². The molecule has 0 bridgehead atoms. The second-order valence-electron chi connectivity index (χ2n) is 2.55. The van der Waals surface area contributed by atoms with Gasteiger partial charge in [-0.3, -0.25) is 4.79 Å². The molecule has 1 rings (SSSR count). The molecule has 76 valence electrons. The average Bonchev–Trinajstić information content (AvgIpc) is 2.08. The Bertz CT molecular complexity index is 346. The van der Waals surface area contributed by atoms with Gasteiger partial charge in [0.1, 0.15) is 0 Å². The summed E-state index contributed by atoms with van der Waals surface area (Å²) < 4.78 is 13.0. The number of nitrogens with zero attached hydrogens (tertiary/aromatic N) is 1. The lowest BCUT2D eigenvalue weighted by molar-refractivity contribution is -0.136. The first-order valence-electron chi connectivity index (χ1n) is 3.86. The van der Waals surface area contributed by atoms with E-state index >= 15 is 0 Å². The van der Waals surface area contributed by atoms with Crippen molar-refractivity contribution in [2.75, 3.05) is 11.9 Å². The molecule has 0 aliphatic rings. The van der Waals surface area contributed by atoms with Gasteiger partial charge in [0.05, 0.1) is 11.4 Å². The molecule has 4 nitrogen and oxygen atoms in total. The van der Waals surface area contributed by atoms with E-state index in [0.717, 1.165) is 6.07 Å². The molecule has 0 atom stereocenters. The molecule has 1 heterocycles. The standard InChI is InChI=1S/C8H8ClFN2O2/c9-5-3-6(10)8(12-4-5)11-2-1-7(13)14/h3-4H,1-2H2,(H,11,12)(H,13,14). The summed E-state index contributed by atoms with van der Waals surface area (Å²) in [6.45, 7) is 0.126. The Labute approximate surface area is 84.7 Å². The molecule has 0 spiro atoms. The molecule has 0 radical (unpaired) electrons. The van der Waals surface area contributed by atoms with E-state index in [2.05, 4.69) is 10.3 Å². The summed E-state index contributed by atoms with van der Waals surface area (Å²) >= 11 is 5.48. The van der Waals surface area contributed by atoms with Crippen molar-refractivity contribution in [2.24, 2.45) is 0 Å². The lowest BCUT2D eigenvalue weighted by Gasteiger charge is -2.04. The molecule has 0 saturated carbocycles. The van der Waals surface area contributed by atoms with Gasteiger partial charge in [0.2, 0.25) is 0 Å². The number of nitrogens with one attached hydrogen (secondary N) is 1. The lowest BCUT2D eigenvalue weighted by atomic mass is 10.4. The number of hydrogen-bond donors (Lipinski definition) is 2. The van der Waals surface area contributed by atoms with E-state index in [-0.39, 0.29) is 23.8 Å². The highest BCUT2D eigenvalue weighted by molar-refractivity contribution is 6.30. The fourth-order valence-electron chi connectivity index (χ4n) is 0.832. The number of halogens is 2. The van der Waals surface area contributed by atoms with Gasteiger partial charge < -0.3 is 10.4 Å². The van der Waals surface area contributed by atoms with E-state index < -0.39 is 11.8 Å². The Hall–Kier alpha value is -1.36. The van der Waals surface area contributed by atoms with Gasteiger partial charge >= 0.3 is 5.97 Å². The zero-order chi connectivity index (χ0) is 10.6. The molecule has 0 unspecified atom stereocenters. The van der Waals surface area contributed by atoms with Gasteiger partial charge in [0, 0.05) is 12.7 Å². The Morgan fingerprint density at radius 2 is 2.43 bits per heavy atom. The number of rotatable bonds is 4. The van der Waals surface area contributed by atoms with Crippen molar-refractivity contribution in [3.63, 3.8) is 0 Å². The van der Waals surface area contributed by atoms with Crippen LogP contribution >= 0.6 is 11.6 Å². The third kappa shape index (κ3) is 3.18. The second-order valence-corrected chi connectivity index (χ2v) is 2.99. The first-order valence-corrected chi connectivity index (χ1v) is 4.24. The number of aromatic nitrogens is 1. The predicted molar refractivity (Wildman–Crippen MR) is 49.9 cm³/mol. The summed E-state index contributed by atoms with van der Waals surface area (Å²) in [4.78, 5) is 13.8. The van der Waals surface area contributed by atoms with Gasteiger partial charge in [0.15, 0.2) is 11.6 Å². The number of aliphatic carboxylic acids is 1. The van der Waals surface area contributed by atoms with Crippen LogP contribution in [0.5, 0.6) is 0 Å². The minimum Gasteiger partial charge on any atom is -0.481 e. The van der Waals surface area contributed by atoms with Crippen LogP contribution in [-0.4, -0.2) is 22.6 Å². The normalized spacial score (nSPS) is 9.86. The van der Waals surface area contributed by atoms with Crippen molar-refractivity contribution < 1.29 is 14.3 Å². The summed E-state index contributed by atoms with van der Waals surface area (Å²) in [7, 11) is 0. The van der Waals surface area contributed by atoms with Crippen LogP contribution in [0.15, 0.2) is 12.3 Å². The number of carbonyl (C=O) groups is 1. The summed E-state index contributed by atoms with van der Waals surface area (Å²) in [5.74, 6) is -1.54. The number of hydrogen-bond acceptors (Lipinski definition) is 3. The second kappa shape index (κ2) is 4.76. The summed E-state index contributed by atoms with van der Waals surface area (Å²) in [5, 5.41) is 11.1. The van der Waals surface area contributed by atoms with E-state index in [4.69, 9.17) is 16.7 Å². The Kier molecular flexibility index (Phi) is 3.64. The summed E-state index contributed by atoms with van der Waals surface area (Å²) in [6, 6.07) is 1.11. The van der Waals surface area contributed by atoms with Crippen LogP contribution in [0, 0.1) is 5.82 Å². The maximum absolute atomic E-state index is 13.0. The van der Waals surface area contributed by atoms with Gasteiger partial charge in [-0.05, 0) is 6.07 Å². The average molecular weight is 219 g/mol. The SMILES string of the molecule is O=C(O)CCNc1ncc(Cl)cc1F. The zero-order valence-electron chi connectivity index (χ0n) is 7.13. The maximum Gasteiger partial charge on any atom is 0.305 e. The Morgan fingerprint density at radius 1 is 1.71 bits per heavy atom. The van der Waals surface area contributed by atoms with Crippen molar-refractivity contribution in [1.82, 2.24) is 4.98 Å². The number of carboxylic acids is 1. The fraction of sp³-hybridized carbons (Fsp3) is 0.250. The van der Waals surface area contributed by atoms with Crippen molar-refractivity contribution in [1.29, 1.82) is 0 Å². The molecule has 0 aromatic carbocycles. The molecular weight excluding hydrogens is 211 g/mol. The van der Waals surface area contributed by atoms with E-state index in [1.807, 2.05) is 0 Å². The molecule has 0 fully saturated rings. The van der Waals surface area contributed by atoms with Crippen LogP contribution in [0.1, 0.15) is 6.42 Å². The summed E-state index contributed by atoms with van der Waals surface area (Å²) in [5.41, 5.74) is 0. The highest BCUT2D eigenvalue weighted by Gasteiger charge is 2.04. The molecule has 2 N–H and O–H groups in total. The van der Waals surface area contributed by atoms with Crippen molar-refractivity contribution >= 4 is 23.4 Å². The highest BCUT2D eigenvalue weighted by atomic mass is 35.5. The van der Waals surface area contributed by atoms with E-state index in [9.17, 15) is 9.18 Å². The molecule has 14 heavy (non-hydrogen) atoms. The van der Waals surface area contributed by atoms with Crippen molar-refractivity contribution in [3.8, 4) is 0 Å². The van der Waals surface area contributed by atoms with Crippen LogP contribution in [-0.2, 0) is 4.79 Å². The Balaban J connectivity index is 2.55. The van der Waals surface area contributed by atoms with Gasteiger partial charge in [-0.15, -0.1) is 0 Å². The van der Waals surface area contributed by atoms with Crippen molar-refractivity contribution in [3.05, 3.63) is 23.1 Å². The third-order valence-electron chi connectivity index (χ3n) is 1.44. The molecule has 0 aliphatic carbocycles. The topological polar surface area (TPSA) is 62.2 Å². The predicted octanol–water partition coefficient (Wildman–Crippen LogP) is 1.76. The molecule has 0 aliphatic heterocycles. The van der Waals surface area contributed by atoms with Gasteiger partial charge in [0.25, 0.3) is 0 Å². The fourth-order valence-corrected chi connectivity index (χ4v) is 0.977. The zero-order valence-corrected chi connectivity index (χ0v) is 7.88. The third-order valence-corrected chi connectivity index (χ3v) is 1.65. The minimum atomic E-state index is -0.952. The van der Waals surface area contributed by atoms with E-state index in [1.54, 1.807) is 0 Å². The highest BCUT2D eigenvalue weighted by Crippen LogP contribution is 2.15. The lowest BCUT2D eigenvalue weighted by Crippen LogP contribution is -2.09. The van der Waals surface area contributed by atoms with Crippen LogP contribution in [0.2, 0.25) is 5.02 Å². The monoisotopic (exact) mass is 218 g/mol. The Morgan fingerprint density at radius 3 is 3.00 bits per heavy atom. The van der Waals surface area contributed by atoms with Crippen LogP contribution < -0.4 is 5.32 Å². The molecular formula is C8H8ClFN2O2. The maximum atomic E-state index is 13.0. The molecule has 0 saturated heterocycles. The van der Waals surface area contributed by atoms with Crippen LogP contribution in [0.4, 0.5) is 10.2 Å². The first kappa shape index (κ1) is 10.7. The van der Waals surface area contributed by atoms with E-state index in [1.165, 1.54) is 6.20 Å². The molecule has 1 aromatic heterocycles.